The van der Waals surface area contributed by atoms with Gasteiger partial charge in [0.1, 0.15) is 5.69 Å². The number of amides is 1. The van der Waals surface area contributed by atoms with Crippen molar-refractivity contribution in [1.29, 1.82) is 0 Å². The molecule has 0 aromatic carbocycles. The average Bonchev–Trinajstić information content (AvgIpc) is 3.31. The molecule has 2 fully saturated rings. The molecule has 2 aliphatic rings. The molecule has 0 spiro atoms. The van der Waals surface area contributed by atoms with Crippen LogP contribution < -0.4 is 10.6 Å². The first-order valence-electron chi connectivity index (χ1n) is 9.42. The minimum atomic E-state index is -0.0510. The van der Waals surface area contributed by atoms with E-state index in [1.54, 1.807) is 18.6 Å². The Labute approximate surface area is 164 Å². The lowest BCUT2D eigenvalue weighted by Crippen LogP contribution is -2.41. The van der Waals surface area contributed by atoms with Gasteiger partial charge in [-0.1, -0.05) is 18.0 Å². The summed E-state index contributed by atoms with van der Waals surface area (Å²) in [7, 11) is 0. The van der Waals surface area contributed by atoms with E-state index in [4.69, 9.17) is 4.52 Å². The first-order chi connectivity index (χ1) is 12.8. The summed E-state index contributed by atoms with van der Waals surface area (Å²) in [4.78, 5) is 25.3. The van der Waals surface area contributed by atoms with Gasteiger partial charge in [-0.15, -0.1) is 12.4 Å². The Balaban J connectivity index is 0.00000210. The van der Waals surface area contributed by atoms with Gasteiger partial charge in [0.25, 0.3) is 0 Å². The van der Waals surface area contributed by atoms with E-state index >= 15 is 0 Å². The van der Waals surface area contributed by atoms with Crippen LogP contribution in [-0.2, 0) is 4.79 Å². The number of halogens is 1. The Morgan fingerprint density at radius 3 is 2.74 bits per heavy atom. The summed E-state index contributed by atoms with van der Waals surface area (Å²) in [5, 5.41) is 10.7. The highest BCUT2D eigenvalue weighted by Gasteiger charge is 2.41. The van der Waals surface area contributed by atoms with E-state index < -0.39 is 0 Å². The Hall–Kier alpha value is -2.06. The summed E-state index contributed by atoms with van der Waals surface area (Å²) in [6, 6.07) is 0.157. The number of aromatic nitrogens is 4. The van der Waals surface area contributed by atoms with Gasteiger partial charge in [-0.3, -0.25) is 9.78 Å². The molecule has 1 saturated heterocycles. The van der Waals surface area contributed by atoms with Crippen LogP contribution in [0.1, 0.15) is 50.3 Å². The number of carbonyl (C=O) groups excluding carboxylic acids is 1. The van der Waals surface area contributed by atoms with Gasteiger partial charge in [-0.25, -0.2) is 4.98 Å². The molecule has 2 N–H and O–H groups in total. The molecule has 1 aliphatic carbocycles. The lowest BCUT2D eigenvalue weighted by Gasteiger charge is -2.19. The molecular formula is C18H25ClN6O2. The van der Waals surface area contributed by atoms with Crippen molar-refractivity contribution in [2.24, 2.45) is 5.92 Å². The van der Waals surface area contributed by atoms with Gasteiger partial charge in [0.05, 0.1) is 12.1 Å². The quantitative estimate of drug-likeness (QED) is 0.805. The van der Waals surface area contributed by atoms with E-state index in [2.05, 4.69) is 30.7 Å². The molecule has 2 aromatic heterocycles. The number of fused-ring (bicyclic) bond motifs is 1. The van der Waals surface area contributed by atoms with Crippen molar-refractivity contribution >= 4 is 18.3 Å². The zero-order valence-corrected chi connectivity index (χ0v) is 16.0. The topological polar surface area (TPSA) is 106 Å². The fourth-order valence-corrected chi connectivity index (χ4v) is 3.91. The van der Waals surface area contributed by atoms with Crippen molar-refractivity contribution in [1.82, 2.24) is 30.7 Å². The molecule has 1 saturated carbocycles. The maximum atomic E-state index is 12.6. The number of rotatable bonds is 2. The monoisotopic (exact) mass is 392 g/mol. The normalized spacial score (nSPS) is 26.4. The highest BCUT2D eigenvalue weighted by molar-refractivity contribution is 5.85. The number of nitrogens with one attached hydrogen (secondary N) is 2. The van der Waals surface area contributed by atoms with Crippen molar-refractivity contribution in [2.75, 3.05) is 13.1 Å². The van der Waals surface area contributed by atoms with E-state index in [1.165, 1.54) is 12.8 Å². The number of carbonyl (C=O) groups is 1. The smallest absolute Gasteiger partial charge is 0.230 e. The van der Waals surface area contributed by atoms with Crippen LogP contribution in [0.25, 0.3) is 11.5 Å². The van der Waals surface area contributed by atoms with E-state index in [0.717, 1.165) is 38.8 Å². The summed E-state index contributed by atoms with van der Waals surface area (Å²) in [6.45, 7) is 1.72. The summed E-state index contributed by atoms with van der Waals surface area (Å²) >= 11 is 0. The Morgan fingerprint density at radius 1 is 1.07 bits per heavy atom. The maximum absolute atomic E-state index is 12.6. The van der Waals surface area contributed by atoms with Crippen molar-refractivity contribution in [2.45, 2.75) is 50.5 Å². The van der Waals surface area contributed by atoms with E-state index in [-0.39, 0.29) is 36.2 Å². The van der Waals surface area contributed by atoms with Crippen LogP contribution in [0.15, 0.2) is 23.1 Å². The molecule has 1 amide bonds. The molecule has 0 bridgehead atoms. The minimum absolute atomic E-state index is 0. The lowest BCUT2D eigenvalue weighted by molar-refractivity contribution is -0.125. The summed E-state index contributed by atoms with van der Waals surface area (Å²) in [5.74, 6) is 1.20. The third-order valence-electron chi connectivity index (χ3n) is 5.29. The average molecular weight is 393 g/mol. The summed E-state index contributed by atoms with van der Waals surface area (Å²) in [6.07, 6.45) is 11.0. The van der Waals surface area contributed by atoms with E-state index in [1.807, 2.05) is 0 Å². The molecule has 9 heteroatoms. The second-order valence-corrected chi connectivity index (χ2v) is 7.09. The van der Waals surface area contributed by atoms with Gasteiger partial charge >= 0.3 is 0 Å². The second kappa shape index (κ2) is 9.23. The first-order valence-corrected chi connectivity index (χ1v) is 9.42. The van der Waals surface area contributed by atoms with Gasteiger partial charge in [0.15, 0.2) is 0 Å². The Morgan fingerprint density at radius 2 is 1.93 bits per heavy atom. The minimum Gasteiger partial charge on any atom is -0.356 e. The van der Waals surface area contributed by atoms with E-state index in [0.29, 0.717) is 17.4 Å². The molecule has 146 valence electrons. The molecule has 8 nitrogen and oxygen atoms in total. The fourth-order valence-electron chi connectivity index (χ4n) is 3.91. The second-order valence-electron chi connectivity index (χ2n) is 7.09. The largest absolute Gasteiger partial charge is 0.356 e. The van der Waals surface area contributed by atoms with Crippen LogP contribution in [0, 0.1) is 5.92 Å². The van der Waals surface area contributed by atoms with Gasteiger partial charge in [-0.05, 0) is 32.2 Å². The zero-order valence-electron chi connectivity index (χ0n) is 15.1. The molecule has 27 heavy (non-hydrogen) atoms. The van der Waals surface area contributed by atoms with Gasteiger partial charge in [0, 0.05) is 30.9 Å². The number of nitrogens with zero attached hydrogens (tertiary/aromatic N) is 4. The molecule has 0 radical (unpaired) electrons. The lowest BCUT2D eigenvalue weighted by atomic mass is 10.0. The summed E-state index contributed by atoms with van der Waals surface area (Å²) in [5.41, 5.74) is 0.589. The number of hydrogen-bond acceptors (Lipinski definition) is 7. The molecule has 2 aromatic rings. The van der Waals surface area contributed by atoms with Crippen LogP contribution in [0.3, 0.4) is 0 Å². The molecule has 1 aliphatic heterocycles. The van der Waals surface area contributed by atoms with Crippen LogP contribution in [0.4, 0.5) is 0 Å². The predicted octanol–water partition coefficient (Wildman–Crippen LogP) is 2.09. The molecular weight excluding hydrogens is 368 g/mol. The predicted molar refractivity (Wildman–Crippen MR) is 101 cm³/mol. The Bertz CT molecular complexity index is 740. The van der Waals surface area contributed by atoms with Crippen LogP contribution in [0.2, 0.25) is 0 Å². The van der Waals surface area contributed by atoms with Crippen LogP contribution in [0.5, 0.6) is 0 Å². The summed E-state index contributed by atoms with van der Waals surface area (Å²) < 4.78 is 5.49. The standard InChI is InChI=1S/C18H24N6O2.ClH/c25-17-13-9-12(10-14(13)20-5-3-1-2-4-6-22-17)18-23-16(24-26-18)15-11-19-7-8-21-15;/h7-8,11-14,20H,1-6,9-10H2,(H,22,25);1H. The van der Waals surface area contributed by atoms with E-state index in [9.17, 15) is 4.79 Å². The van der Waals surface area contributed by atoms with Gasteiger partial charge in [-0.2, -0.15) is 4.98 Å². The molecule has 4 rings (SSSR count). The number of hydrogen-bond donors (Lipinski definition) is 2. The highest BCUT2D eigenvalue weighted by Crippen LogP contribution is 2.38. The Kier molecular flexibility index (Phi) is 6.73. The van der Waals surface area contributed by atoms with Crippen molar-refractivity contribution in [3.05, 3.63) is 24.5 Å². The van der Waals surface area contributed by atoms with Crippen molar-refractivity contribution in [3.63, 3.8) is 0 Å². The fraction of sp³-hybridized carbons (Fsp3) is 0.611. The molecule has 3 heterocycles. The SMILES string of the molecule is Cl.O=C1NCCCCCCNC2CC(c3nc(-c4cnccn4)no3)CC12. The van der Waals surface area contributed by atoms with Gasteiger partial charge in [0.2, 0.25) is 17.6 Å². The van der Waals surface area contributed by atoms with Crippen molar-refractivity contribution in [3.8, 4) is 11.5 Å². The molecule has 3 unspecified atom stereocenters. The van der Waals surface area contributed by atoms with Gasteiger partial charge < -0.3 is 15.2 Å². The van der Waals surface area contributed by atoms with Crippen LogP contribution >= 0.6 is 12.4 Å². The van der Waals surface area contributed by atoms with Crippen molar-refractivity contribution < 1.29 is 9.32 Å². The third kappa shape index (κ3) is 4.62. The highest BCUT2D eigenvalue weighted by atomic mass is 35.5. The molecule has 3 atom stereocenters. The zero-order chi connectivity index (χ0) is 17.8. The maximum Gasteiger partial charge on any atom is 0.230 e. The third-order valence-corrected chi connectivity index (χ3v) is 5.29. The van der Waals surface area contributed by atoms with Crippen LogP contribution in [-0.4, -0.2) is 45.1 Å². The first kappa shape index (κ1) is 19.7.